The van der Waals surface area contributed by atoms with Crippen molar-refractivity contribution in [3.8, 4) is 5.75 Å². The summed E-state index contributed by atoms with van der Waals surface area (Å²) in [5.41, 5.74) is 7.41. The maximum absolute atomic E-state index is 6.12. The molecule has 1 aliphatic heterocycles. The maximum Gasteiger partial charge on any atom is 0.119 e. The van der Waals surface area contributed by atoms with E-state index >= 15 is 0 Å². The number of benzene rings is 1. The van der Waals surface area contributed by atoms with Crippen molar-refractivity contribution < 1.29 is 4.74 Å². The third kappa shape index (κ3) is 4.45. The summed E-state index contributed by atoms with van der Waals surface area (Å²) >= 11 is 0. The molecule has 1 aromatic carbocycles. The minimum atomic E-state index is 0.309. The lowest BCUT2D eigenvalue weighted by Gasteiger charge is -2.35. The molecular weight excluding hydrogens is 260 g/mol. The zero-order chi connectivity index (χ0) is 15.1. The van der Waals surface area contributed by atoms with Gasteiger partial charge in [-0.15, -0.1) is 0 Å². The molecule has 2 atom stereocenters. The Morgan fingerprint density at radius 2 is 2.19 bits per heavy atom. The number of nitrogens with zero attached hydrogens (tertiary/aromatic N) is 1. The predicted octanol–water partition coefficient (Wildman–Crippen LogP) is 3.74. The molecule has 0 saturated carbocycles. The van der Waals surface area contributed by atoms with Gasteiger partial charge in [-0.1, -0.05) is 31.9 Å². The monoisotopic (exact) mass is 290 g/mol. The van der Waals surface area contributed by atoms with E-state index in [4.69, 9.17) is 10.5 Å². The fourth-order valence-corrected chi connectivity index (χ4v) is 3.25. The van der Waals surface area contributed by atoms with Crippen molar-refractivity contribution in [2.45, 2.75) is 58.0 Å². The van der Waals surface area contributed by atoms with E-state index in [0.29, 0.717) is 18.6 Å². The Bertz CT molecular complexity index is 421. The molecule has 0 aliphatic carbocycles. The normalized spacial score (nSPS) is 21.8. The first kappa shape index (κ1) is 16.3. The molecule has 0 aromatic heterocycles. The van der Waals surface area contributed by atoms with Crippen LogP contribution in [-0.2, 0) is 0 Å². The molecule has 0 spiro atoms. The molecule has 1 heterocycles. The lowest BCUT2D eigenvalue weighted by atomic mass is 10.0. The van der Waals surface area contributed by atoms with E-state index in [1.807, 2.05) is 6.07 Å². The van der Waals surface area contributed by atoms with Crippen LogP contribution in [0, 0.1) is 0 Å². The van der Waals surface area contributed by atoms with Crippen LogP contribution in [0.25, 0.3) is 0 Å². The van der Waals surface area contributed by atoms with Crippen molar-refractivity contribution in [3.63, 3.8) is 0 Å². The SMILES string of the molecule is CCCOc1cccc(C(CN)N2CCCCCC2C)c1. The van der Waals surface area contributed by atoms with E-state index in [2.05, 4.69) is 36.9 Å². The molecule has 0 bridgehead atoms. The number of hydrogen-bond donors (Lipinski definition) is 1. The molecule has 1 aliphatic rings. The Morgan fingerprint density at radius 1 is 1.33 bits per heavy atom. The van der Waals surface area contributed by atoms with Crippen molar-refractivity contribution in [2.75, 3.05) is 19.7 Å². The molecular formula is C18H30N2O. The van der Waals surface area contributed by atoms with Gasteiger partial charge in [0.2, 0.25) is 0 Å². The summed E-state index contributed by atoms with van der Waals surface area (Å²) in [6, 6.07) is 9.41. The molecule has 0 radical (unpaired) electrons. The van der Waals surface area contributed by atoms with Gasteiger partial charge < -0.3 is 10.5 Å². The van der Waals surface area contributed by atoms with Gasteiger partial charge in [0.05, 0.1) is 6.61 Å². The van der Waals surface area contributed by atoms with Crippen molar-refractivity contribution in [1.29, 1.82) is 0 Å². The molecule has 1 saturated heterocycles. The summed E-state index contributed by atoms with van der Waals surface area (Å²) < 4.78 is 5.77. The molecule has 2 rings (SSSR count). The standard InChI is InChI=1S/C18H30N2O/c1-3-12-21-17-10-7-9-16(13-17)18(14-19)20-11-6-4-5-8-15(20)2/h7,9-10,13,15,18H,3-6,8,11-12,14,19H2,1-2H3. The predicted molar refractivity (Wildman–Crippen MR) is 88.7 cm³/mol. The third-order valence-electron chi connectivity index (χ3n) is 4.44. The smallest absolute Gasteiger partial charge is 0.119 e. The quantitative estimate of drug-likeness (QED) is 0.867. The molecule has 2 unspecified atom stereocenters. The number of rotatable bonds is 6. The summed E-state index contributed by atoms with van der Waals surface area (Å²) in [5, 5.41) is 0. The summed E-state index contributed by atoms with van der Waals surface area (Å²) in [6.45, 7) is 7.07. The molecule has 3 nitrogen and oxygen atoms in total. The van der Waals surface area contributed by atoms with E-state index in [0.717, 1.165) is 25.3 Å². The Labute approximate surface area is 129 Å². The van der Waals surface area contributed by atoms with Crippen LogP contribution >= 0.6 is 0 Å². The minimum Gasteiger partial charge on any atom is -0.494 e. The molecule has 1 fully saturated rings. The van der Waals surface area contributed by atoms with Crippen LogP contribution in [0.1, 0.15) is 57.6 Å². The molecule has 3 heteroatoms. The molecule has 2 N–H and O–H groups in total. The van der Waals surface area contributed by atoms with Crippen LogP contribution in [0.4, 0.5) is 0 Å². The Morgan fingerprint density at radius 3 is 2.95 bits per heavy atom. The lowest BCUT2D eigenvalue weighted by Crippen LogP contribution is -2.39. The third-order valence-corrected chi connectivity index (χ3v) is 4.44. The van der Waals surface area contributed by atoms with Gasteiger partial charge in [-0.25, -0.2) is 0 Å². The van der Waals surface area contributed by atoms with Gasteiger partial charge in [-0.2, -0.15) is 0 Å². The highest BCUT2D eigenvalue weighted by molar-refractivity contribution is 5.31. The minimum absolute atomic E-state index is 0.309. The molecule has 118 valence electrons. The first-order valence-electron chi connectivity index (χ1n) is 8.44. The average molecular weight is 290 g/mol. The van der Waals surface area contributed by atoms with Crippen LogP contribution in [0.2, 0.25) is 0 Å². The Balaban J connectivity index is 2.15. The van der Waals surface area contributed by atoms with Crippen LogP contribution in [0.5, 0.6) is 5.75 Å². The van der Waals surface area contributed by atoms with Gasteiger partial charge in [-0.05, 0) is 50.4 Å². The Hall–Kier alpha value is -1.06. The fraction of sp³-hybridized carbons (Fsp3) is 0.667. The zero-order valence-electron chi connectivity index (χ0n) is 13.6. The van der Waals surface area contributed by atoms with Crippen LogP contribution in [0.15, 0.2) is 24.3 Å². The highest BCUT2D eigenvalue weighted by Gasteiger charge is 2.25. The summed E-state index contributed by atoms with van der Waals surface area (Å²) in [7, 11) is 0. The van der Waals surface area contributed by atoms with Crippen LogP contribution in [-0.4, -0.2) is 30.6 Å². The molecule has 21 heavy (non-hydrogen) atoms. The van der Waals surface area contributed by atoms with Gasteiger partial charge in [-0.3, -0.25) is 4.90 Å². The first-order chi connectivity index (χ1) is 10.3. The number of hydrogen-bond acceptors (Lipinski definition) is 3. The van der Waals surface area contributed by atoms with Crippen molar-refractivity contribution >= 4 is 0 Å². The Kier molecular flexibility index (Phi) is 6.52. The average Bonchev–Trinajstić information content (AvgIpc) is 2.72. The highest BCUT2D eigenvalue weighted by atomic mass is 16.5. The maximum atomic E-state index is 6.12. The summed E-state index contributed by atoms with van der Waals surface area (Å²) in [6.07, 6.45) is 6.29. The van der Waals surface area contributed by atoms with E-state index in [1.54, 1.807) is 0 Å². The second-order valence-corrected chi connectivity index (χ2v) is 6.11. The second kappa shape index (κ2) is 8.40. The topological polar surface area (TPSA) is 38.5 Å². The molecule has 0 amide bonds. The van der Waals surface area contributed by atoms with Gasteiger partial charge in [0, 0.05) is 18.6 Å². The van der Waals surface area contributed by atoms with Gasteiger partial charge >= 0.3 is 0 Å². The second-order valence-electron chi connectivity index (χ2n) is 6.11. The number of ether oxygens (including phenoxy) is 1. The summed E-state index contributed by atoms with van der Waals surface area (Å²) in [5.74, 6) is 0.968. The van der Waals surface area contributed by atoms with E-state index < -0.39 is 0 Å². The lowest BCUT2D eigenvalue weighted by molar-refractivity contribution is 0.150. The van der Waals surface area contributed by atoms with Gasteiger partial charge in [0.1, 0.15) is 5.75 Å². The number of nitrogens with two attached hydrogens (primary N) is 1. The van der Waals surface area contributed by atoms with Crippen LogP contribution < -0.4 is 10.5 Å². The van der Waals surface area contributed by atoms with Crippen molar-refractivity contribution in [3.05, 3.63) is 29.8 Å². The number of likely N-dealkylation sites (tertiary alicyclic amines) is 1. The van der Waals surface area contributed by atoms with Crippen molar-refractivity contribution in [1.82, 2.24) is 4.90 Å². The van der Waals surface area contributed by atoms with Crippen LogP contribution in [0.3, 0.4) is 0 Å². The molecule has 1 aromatic rings. The van der Waals surface area contributed by atoms with E-state index in [1.165, 1.54) is 31.2 Å². The van der Waals surface area contributed by atoms with Crippen molar-refractivity contribution in [2.24, 2.45) is 5.73 Å². The largest absolute Gasteiger partial charge is 0.494 e. The van der Waals surface area contributed by atoms with Gasteiger partial charge in [0.25, 0.3) is 0 Å². The zero-order valence-corrected chi connectivity index (χ0v) is 13.6. The highest BCUT2D eigenvalue weighted by Crippen LogP contribution is 2.29. The van der Waals surface area contributed by atoms with Gasteiger partial charge in [0.15, 0.2) is 0 Å². The first-order valence-corrected chi connectivity index (χ1v) is 8.44. The van der Waals surface area contributed by atoms with E-state index in [9.17, 15) is 0 Å². The fourth-order valence-electron chi connectivity index (χ4n) is 3.25. The van der Waals surface area contributed by atoms with E-state index in [-0.39, 0.29) is 0 Å². The summed E-state index contributed by atoms with van der Waals surface area (Å²) in [4.78, 5) is 2.59.